The number of hydrogen-bond donors (Lipinski definition) is 1. The van der Waals surface area contributed by atoms with Gasteiger partial charge in [0.25, 0.3) is 5.69 Å². The van der Waals surface area contributed by atoms with Gasteiger partial charge in [0, 0.05) is 43.5 Å². The van der Waals surface area contributed by atoms with Gasteiger partial charge in [-0.1, -0.05) is 18.2 Å². The summed E-state index contributed by atoms with van der Waals surface area (Å²) in [6.07, 6.45) is 0. The zero-order chi connectivity index (χ0) is 18.8. The number of halogens is 2. The molecule has 0 radical (unpaired) electrons. The van der Waals surface area contributed by atoms with Crippen LogP contribution >= 0.6 is 11.6 Å². The van der Waals surface area contributed by atoms with Crippen LogP contribution < -0.4 is 10.6 Å². The molecule has 0 aliphatic carbocycles. The summed E-state index contributed by atoms with van der Waals surface area (Å²) in [6, 6.07) is 9.59. The van der Waals surface area contributed by atoms with E-state index in [0.29, 0.717) is 48.7 Å². The Morgan fingerprint density at radius 1 is 1.23 bits per heavy atom. The highest BCUT2D eigenvalue weighted by atomic mass is 35.5. The van der Waals surface area contributed by atoms with E-state index >= 15 is 0 Å². The number of nitro benzene ring substituents is 1. The van der Waals surface area contributed by atoms with E-state index in [4.69, 9.17) is 17.3 Å². The summed E-state index contributed by atoms with van der Waals surface area (Å²) in [5, 5.41) is 11.4. The van der Waals surface area contributed by atoms with E-state index in [2.05, 4.69) is 0 Å². The molecule has 2 aromatic carbocycles. The van der Waals surface area contributed by atoms with Crippen LogP contribution in [0.25, 0.3) is 0 Å². The highest BCUT2D eigenvalue weighted by Crippen LogP contribution is 2.35. The molecule has 1 saturated heterocycles. The largest absolute Gasteiger partial charge is 0.398 e. The van der Waals surface area contributed by atoms with Crippen LogP contribution in [-0.4, -0.2) is 36.0 Å². The normalized spacial score (nSPS) is 16.5. The van der Waals surface area contributed by atoms with Crippen molar-refractivity contribution in [3.05, 3.63) is 63.5 Å². The second-order valence-electron chi connectivity index (χ2n) is 6.33. The first-order valence-electron chi connectivity index (χ1n) is 8.30. The lowest BCUT2D eigenvalue weighted by Crippen LogP contribution is -2.47. The third-order valence-electron chi connectivity index (χ3n) is 4.70. The molecule has 0 saturated carbocycles. The van der Waals surface area contributed by atoms with E-state index in [1.165, 1.54) is 12.1 Å². The molecule has 1 aliphatic rings. The van der Waals surface area contributed by atoms with Crippen molar-refractivity contribution in [3.63, 3.8) is 0 Å². The average Bonchev–Trinajstić information content (AvgIpc) is 2.63. The molecule has 1 unspecified atom stereocenters. The fourth-order valence-electron chi connectivity index (χ4n) is 3.15. The monoisotopic (exact) mass is 378 g/mol. The first-order chi connectivity index (χ1) is 12.4. The van der Waals surface area contributed by atoms with Crippen LogP contribution in [-0.2, 0) is 0 Å². The number of benzene rings is 2. The number of nitro groups is 1. The van der Waals surface area contributed by atoms with E-state index in [0.717, 1.165) is 0 Å². The van der Waals surface area contributed by atoms with Gasteiger partial charge in [-0.05, 0) is 24.6 Å². The van der Waals surface area contributed by atoms with Gasteiger partial charge < -0.3 is 10.6 Å². The predicted molar refractivity (Wildman–Crippen MR) is 101 cm³/mol. The molecule has 138 valence electrons. The maximum Gasteiger partial charge on any atom is 0.292 e. The van der Waals surface area contributed by atoms with Gasteiger partial charge in [0.15, 0.2) is 0 Å². The molecule has 1 atom stereocenters. The number of alkyl halides is 1. The van der Waals surface area contributed by atoms with Crippen LogP contribution in [0, 0.1) is 22.9 Å². The van der Waals surface area contributed by atoms with Gasteiger partial charge in [0.05, 0.1) is 4.92 Å². The second-order valence-corrected chi connectivity index (χ2v) is 6.75. The molecule has 0 bridgehead atoms. The van der Waals surface area contributed by atoms with E-state index in [1.807, 2.05) is 9.80 Å². The van der Waals surface area contributed by atoms with Crippen molar-refractivity contribution in [1.29, 1.82) is 0 Å². The summed E-state index contributed by atoms with van der Waals surface area (Å²) < 4.78 is 14.0. The Bertz CT molecular complexity index is 825. The van der Waals surface area contributed by atoms with E-state index in [1.54, 1.807) is 31.2 Å². The topological polar surface area (TPSA) is 75.6 Å². The molecule has 1 fully saturated rings. The number of hydrogen-bond acceptors (Lipinski definition) is 5. The smallest absolute Gasteiger partial charge is 0.292 e. The molecule has 6 nitrogen and oxygen atoms in total. The number of nitrogen functional groups attached to an aromatic ring is 1. The first-order valence-corrected chi connectivity index (χ1v) is 8.74. The van der Waals surface area contributed by atoms with Gasteiger partial charge in [-0.25, -0.2) is 4.39 Å². The van der Waals surface area contributed by atoms with Crippen molar-refractivity contribution >= 4 is 28.7 Å². The van der Waals surface area contributed by atoms with Gasteiger partial charge >= 0.3 is 0 Å². The minimum Gasteiger partial charge on any atom is -0.398 e. The molecule has 1 aliphatic heterocycles. The highest BCUT2D eigenvalue weighted by Gasteiger charge is 2.28. The van der Waals surface area contributed by atoms with E-state index in [-0.39, 0.29) is 11.5 Å². The number of nitrogens with zero attached hydrogens (tertiary/aromatic N) is 3. The minimum atomic E-state index is -0.573. The minimum absolute atomic E-state index is 0.0432. The lowest BCUT2D eigenvalue weighted by atomic mass is 10.1. The lowest BCUT2D eigenvalue weighted by molar-refractivity contribution is -0.384. The third-order valence-corrected chi connectivity index (χ3v) is 5.21. The van der Waals surface area contributed by atoms with Crippen LogP contribution in [0.5, 0.6) is 0 Å². The number of anilines is 2. The predicted octanol–water partition coefficient (Wildman–Crippen LogP) is 3.68. The van der Waals surface area contributed by atoms with Crippen molar-refractivity contribution in [1.82, 2.24) is 4.90 Å². The molecular weight excluding hydrogens is 359 g/mol. The summed E-state index contributed by atoms with van der Waals surface area (Å²) in [5.41, 5.74) is 7.56. The zero-order valence-electron chi connectivity index (χ0n) is 14.4. The van der Waals surface area contributed by atoms with Gasteiger partial charge in [-0.2, -0.15) is 0 Å². The quantitative estimate of drug-likeness (QED) is 0.289. The molecule has 1 heterocycles. The third kappa shape index (κ3) is 3.59. The lowest BCUT2D eigenvalue weighted by Gasteiger charge is -2.38. The van der Waals surface area contributed by atoms with Gasteiger partial charge in [-0.3, -0.25) is 15.0 Å². The summed E-state index contributed by atoms with van der Waals surface area (Å²) in [7, 11) is 0. The Morgan fingerprint density at radius 2 is 1.88 bits per heavy atom. The van der Waals surface area contributed by atoms with Gasteiger partial charge in [-0.15, -0.1) is 11.6 Å². The number of rotatable bonds is 4. The molecular formula is C18H20ClFN4O2. The van der Waals surface area contributed by atoms with Crippen molar-refractivity contribution in [3.8, 4) is 0 Å². The van der Waals surface area contributed by atoms with Gasteiger partial charge in [0.2, 0.25) is 0 Å². The van der Waals surface area contributed by atoms with E-state index < -0.39 is 10.4 Å². The molecule has 26 heavy (non-hydrogen) atoms. The standard InChI is InChI=1S/C18H20ClFN4O2/c1-12-10-17(24(25)26)16(11-15(12)21)22-6-8-23(9-7-22)18(19)13-4-2-3-5-14(13)20/h2-5,10-11,18H,6-9,21H2,1H3. The Kier molecular flexibility index (Phi) is 5.29. The zero-order valence-corrected chi connectivity index (χ0v) is 15.1. The Hall–Kier alpha value is -2.38. The summed E-state index contributed by atoms with van der Waals surface area (Å²) in [4.78, 5) is 14.9. The molecule has 2 N–H and O–H groups in total. The van der Waals surface area contributed by atoms with Crippen LogP contribution in [0.1, 0.15) is 16.6 Å². The summed E-state index contributed by atoms with van der Waals surface area (Å²) in [5.74, 6) is -0.336. The SMILES string of the molecule is Cc1cc([N+](=O)[O-])c(N2CCN(C(Cl)c3ccccc3F)CC2)cc1N. The maximum absolute atomic E-state index is 14.0. The Morgan fingerprint density at radius 3 is 2.50 bits per heavy atom. The van der Waals surface area contributed by atoms with Crippen LogP contribution in [0.3, 0.4) is 0 Å². The maximum atomic E-state index is 14.0. The first kappa shape index (κ1) is 18.4. The number of aryl methyl sites for hydroxylation is 1. The number of nitrogens with two attached hydrogens (primary N) is 1. The Labute approximate surface area is 156 Å². The fraction of sp³-hybridized carbons (Fsp3) is 0.333. The fourth-order valence-corrected chi connectivity index (χ4v) is 3.52. The van der Waals surface area contributed by atoms with Crippen LogP contribution in [0.15, 0.2) is 36.4 Å². The summed E-state index contributed by atoms with van der Waals surface area (Å²) in [6.45, 7) is 3.96. The number of piperazine rings is 1. The Balaban J connectivity index is 1.76. The molecule has 0 aromatic heterocycles. The molecule has 0 amide bonds. The molecule has 2 aromatic rings. The van der Waals surface area contributed by atoms with Crippen molar-refractivity contribution < 1.29 is 9.31 Å². The molecule has 8 heteroatoms. The second kappa shape index (κ2) is 7.47. The summed E-state index contributed by atoms with van der Waals surface area (Å²) >= 11 is 6.45. The van der Waals surface area contributed by atoms with E-state index in [9.17, 15) is 14.5 Å². The van der Waals surface area contributed by atoms with Crippen LogP contribution in [0.4, 0.5) is 21.5 Å². The van der Waals surface area contributed by atoms with Crippen molar-refractivity contribution in [2.75, 3.05) is 36.8 Å². The molecule has 3 rings (SSSR count). The van der Waals surface area contributed by atoms with Crippen molar-refractivity contribution in [2.45, 2.75) is 12.4 Å². The highest BCUT2D eigenvalue weighted by molar-refractivity contribution is 6.20. The van der Waals surface area contributed by atoms with Crippen LogP contribution in [0.2, 0.25) is 0 Å². The van der Waals surface area contributed by atoms with Crippen molar-refractivity contribution in [2.24, 2.45) is 0 Å². The van der Waals surface area contributed by atoms with Gasteiger partial charge in [0.1, 0.15) is 17.0 Å². The molecule has 0 spiro atoms. The average molecular weight is 379 g/mol.